The van der Waals surface area contributed by atoms with Crippen LogP contribution in [0.25, 0.3) is 0 Å². The number of benzene rings is 1. The zero-order valence-corrected chi connectivity index (χ0v) is 6.79. The summed E-state index contributed by atoms with van der Waals surface area (Å²) in [6.07, 6.45) is 0. The van der Waals surface area contributed by atoms with Gasteiger partial charge in [0.15, 0.2) is 0 Å². The van der Waals surface area contributed by atoms with E-state index in [9.17, 15) is 4.57 Å². The van der Waals surface area contributed by atoms with Gasteiger partial charge in [-0.15, -0.1) is 0 Å². The van der Waals surface area contributed by atoms with E-state index in [1.807, 2.05) is 18.2 Å². The van der Waals surface area contributed by atoms with Crippen LogP contribution in [0.3, 0.4) is 0 Å². The van der Waals surface area contributed by atoms with Gasteiger partial charge in [0.1, 0.15) is 5.75 Å². The van der Waals surface area contributed by atoms with Gasteiger partial charge in [0, 0.05) is 17.1 Å². The SMILES string of the molecule is O=POc1ccccc1.[Cu]. The molecular weight excluding hydrogens is 199 g/mol. The van der Waals surface area contributed by atoms with Gasteiger partial charge in [-0.25, -0.2) is 4.57 Å². The molecule has 1 rings (SSSR count). The Morgan fingerprint density at radius 3 is 2.30 bits per heavy atom. The topological polar surface area (TPSA) is 26.3 Å². The Morgan fingerprint density at radius 1 is 1.20 bits per heavy atom. The molecule has 10 heavy (non-hydrogen) atoms. The third kappa shape index (κ3) is 2.98. The van der Waals surface area contributed by atoms with Crippen LogP contribution in [-0.2, 0) is 21.6 Å². The van der Waals surface area contributed by atoms with Gasteiger partial charge in [-0.3, -0.25) is 0 Å². The molecule has 1 radical (unpaired) electrons. The van der Waals surface area contributed by atoms with Crippen molar-refractivity contribution in [3.8, 4) is 5.75 Å². The maximum atomic E-state index is 9.85. The Labute approximate surface area is 71.3 Å². The maximum absolute atomic E-state index is 9.85. The Bertz CT molecular complexity index is 190. The van der Waals surface area contributed by atoms with Crippen LogP contribution in [0.4, 0.5) is 0 Å². The molecule has 0 N–H and O–H groups in total. The quantitative estimate of drug-likeness (QED) is 0.545. The van der Waals surface area contributed by atoms with Crippen molar-refractivity contribution in [3.63, 3.8) is 0 Å². The van der Waals surface area contributed by atoms with E-state index in [-0.39, 0.29) is 25.8 Å². The van der Waals surface area contributed by atoms with Crippen molar-refractivity contribution in [1.29, 1.82) is 0 Å². The van der Waals surface area contributed by atoms with Gasteiger partial charge in [0.05, 0.1) is 0 Å². The Balaban J connectivity index is 0.000000810. The molecule has 0 saturated heterocycles. The molecule has 2 nitrogen and oxygen atoms in total. The number of para-hydroxylation sites is 1. The molecule has 0 heterocycles. The molecule has 4 heteroatoms. The van der Waals surface area contributed by atoms with Crippen LogP contribution >= 0.6 is 8.69 Å². The second kappa shape index (κ2) is 5.43. The van der Waals surface area contributed by atoms with Crippen molar-refractivity contribution in [2.24, 2.45) is 0 Å². The van der Waals surface area contributed by atoms with Gasteiger partial charge in [-0.05, 0) is 12.1 Å². The van der Waals surface area contributed by atoms with Gasteiger partial charge < -0.3 is 4.52 Å². The molecule has 0 amide bonds. The standard InChI is InChI=1S/C6H5O2P.Cu/c7-9-8-6-4-2-1-3-5-6;/h1-5H;. The first-order valence-corrected chi connectivity index (χ1v) is 3.21. The van der Waals surface area contributed by atoms with Crippen LogP contribution in [0.15, 0.2) is 30.3 Å². The van der Waals surface area contributed by atoms with Gasteiger partial charge in [0.2, 0.25) is 0 Å². The molecule has 0 aliphatic carbocycles. The molecular formula is C6H5CuO2P. The van der Waals surface area contributed by atoms with E-state index in [2.05, 4.69) is 4.52 Å². The van der Waals surface area contributed by atoms with Gasteiger partial charge in [0.25, 0.3) is 0 Å². The van der Waals surface area contributed by atoms with Crippen LogP contribution in [0.1, 0.15) is 0 Å². The van der Waals surface area contributed by atoms with Gasteiger partial charge in [-0.1, -0.05) is 18.2 Å². The molecule has 0 bridgehead atoms. The summed E-state index contributed by atoms with van der Waals surface area (Å²) >= 11 is 0. The average Bonchev–Trinajstić information content (AvgIpc) is 1.91. The van der Waals surface area contributed by atoms with E-state index in [0.29, 0.717) is 5.75 Å². The Morgan fingerprint density at radius 2 is 1.80 bits per heavy atom. The zero-order chi connectivity index (χ0) is 6.53. The molecule has 0 fully saturated rings. The third-order valence-electron chi connectivity index (χ3n) is 0.886. The largest absolute Gasteiger partial charge is 0.408 e. The normalized spacial score (nSPS) is 8.40. The zero-order valence-electron chi connectivity index (χ0n) is 4.95. The van der Waals surface area contributed by atoms with Crippen molar-refractivity contribution in [2.75, 3.05) is 0 Å². The smallest absolute Gasteiger partial charge is 0.395 e. The fourth-order valence-electron chi connectivity index (χ4n) is 0.524. The first-order valence-electron chi connectivity index (χ1n) is 2.48. The maximum Gasteiger partial charge on any atom is 0.395 e. The van der Waals surface area contributed by atoms with Crippen molar-refractivity contribution in [3.05, 3.63) is 30.3 Å². The van der Waals surface area contributed by atoms with E-state index in [1.165, 1.54) is 0 Å². The summed E-state index contributed by atoms with van der Waals surface area (Å²) < 4.78 is 14.5. The van der Waals surface area contributed by atoms with Crippen LogP contribution in [0.2, 0.25) is 0 Å². The van der Waals surface area contributed by atoms with Crippen LogP contribution in [0, 0.1) is 0 Å². The van der Waals surface area contributed by atoms with Crippen molar-refractivity contribution in [2.45, 2.75) is 0 Å². The molecule has 0 unspecified atom stereocenters. The first kappa shape index (κ1) is 9.64. The predicted octanol–water partition coefficient (Wildman–Crippen LogP) is 2.27. The second-order valence-corrected chi connectivity index (χ2v) is 1.81. The molecule has 57 valence electrons. The van der Waals surface area contributed by atoms with Crippen LogP contribution in [0.5, 0.6) is 5.75 Å². The van der Waals surface area contributed by atoms with E-state index in [4.69, 9.17) is 0 Å². The molecule has 1 aromatic rings. The molecule has 0 aliphatic rings. The first-order chi connectivity index (χ1) is 4.43. The Hall–Kier alpha value is -0.361. The molecule has 0 atom stereocenters. The average molecular weight is 204 g/mol. The fraction of sp³-hybridized carbons (Fsp3) is 0. The van der Waals surface area contributed by atoms with Crippen molar-refractivity contribution >= 4 is 8.69 Å². The molecule has 0 saturated carbocycles. The molecule has 0 aromatic heterocycles. The molecule has 1 aromatic carbocycles. The summed E-state index contributed by atoms with van der Waals surface area (Å²) in [6, 6.07) is 8.99. The summed E-state index contributed by atoms with van der Waals surface area (Å²) in [5.41, 5.74) is 0. The number of hydrogen-bond donors (Lipinski definition) is 0. The van der Waals surface area contributed by atoms with E-state index >= 15 is 0 Å². The number of hydrogen-bond acceptors (Lipinski definition) is 2. The second-order valence-electron chi connectivity index (χ2n) is 1.48. The fourth-order valence-corrected chi connectivity index (χ4v) is 0.732. The van der Waals surface area contributed by atoms with Gasteiger partial charge in [-0.2, -0.15) is 0 Å². The number of rotatable bonds is 2. The molecule has 0 aliphatic heterocycles. The third-order valence-corrected chi connectivity index (χ3v) is 1.17. The molecule has 0 spiro atoms. The summed E-state index contributed by atoms with van der Waals surface area (Å²) in [5, 5.41) is 0. The van der Waals surface area contributed by atoms with Gasteiger partial charge >= 0.3 is 8.69 Å². The summed E-state index contributed by atoms with van der Waals surface area (Å²) in [6.45, 7) is 0. The van der Waals surface area contributed by atoms with Crippen LogP contribution < -0.4 is 4.52 Å². The monoisotopic (exact) mass is 203 g/mol. The van der Waals surface area contributed by atoms with E-state index < -0.39 is 0 Å². The van der Waals surface area contributed by atoms with Crippen molar-refractivity contribution < 1.29 is 26.2 Å². The van der Waals surface area contributed by atoms with E-state index in [0.717, 1.165) is 0 Å². The van der Waals surface area contributed by atoms with Crippen molar-refractivity contribution in [1.82, 2.24) is 0 Å². The predicted molar refractivity (Wildman–Crippen MR) is 34.7 cm³/mol. The Kier molecular flexibility index (Phi) is 5.23. The van der Waals surface area contributed by atoms with E-state index in [1.54, 1.807) is 12.1 Å². The summed E-state index contributed by atoms with van der Waals surface area (Å²) in [7, 11) is -0.305. The minimum Gasteiger partial charge on any atom is -0.408 e. The van der Waals surface area contributed by atoms with Crippen LogP contribution in [-0.4, -0.2) is 0 Å². The minimum absolute atomic E-state index is 0. The summed E-state index contributed by atoms with van der Waals surface area (Å²) in [5.74, 6) is 0.620. The summed E-state index contributed by atoms with van der Waals surface area (Å²) in [4.78, 5) is 0. The minimum atomic E-state index is -0.305.